The van der Waals surface area contributed by atoms with Gasteiger partial charge in [0.2, 0.25) is 5.91 Å². The van der Waals surface area contributed by atoms with Crippen molar-refractivity contribution in [3.8, 4) is 5.75 Å². The van der Waals surface area contributed by atoms with Crippen LogP contribution in [-0.2, 0) is 11.4 Å². The highest BCUT2D eigenvalue weighted by Crippen LogP contribution is 2.20. The molecular weight excluding hydrogens is 468 g/mol. The van der Waals surface area contributed by atoms with E-state index >= 15 is 0 Å². The van der Waals surface area contributed by atoms with Crippen LogP contribution in [0.25, 0.3) is 0 Å². The van der Waals surface area contributed by atoms with E-state index in [-0.39, 0.29) is 5.91 Å². The van der Waals surface area contributed by atoms with E-state index in [1.807, 2.05) is 86.6 Å². The summed E-state index contributed by atoms with van der Waals surface area (Å²) in [6.45, 7) is 8.25. The van der Waals surface area contributed by atoms with E-state index in [1.54, 1.807) is 0 Å². The summed E-state index contributed by atoms with van der Waals surface area (Å²) in [7, 11) is 0. The van der Waals surface area contributed by atoms with E-state index in [2.05, 4.69) is 20.4 Å². The fourth-order valence-electron chi connectivity index (χ4n) is 4.30. The summed E-state index contributed by atoms with van der Waals surface area (Å²) in [4.78, 5) is 17.1. The number of rotatable bonds is 7. The average molecular weight is 503 g/mol. The summed E-state index contributed by atoms with van der Waals surface area (Å²) in [5.41, 5.74) is 5.15. The molecule has 0 spiro atoms. The lowest BCUT2D eigenvalue weighted by molar-refractivity contribution is -0.117. The number of benzene rings is 3. The van der Waals surface area contributed by atoms with Gasteiger partial charge in [-0.05, 0) is 73.4 Å². The molecule has 4 rings (SSSR count). The largest absolute Gasteiger partial charge is 0.489 e. The minimum Gasteiger partial charge on any atom is -0.489 e. The summed E-state index contributed by atoms with van der Waals surface area (Å²) in [5.74, 6) is 0.844. The topological polar surface area (TPSA) is 56.8 Å². The highest BCUT2D eigenvalue weighted by molar-refractivity contribution is 7.80. The van der Waals surface area contributed by atoms with Gasteiger partial charge >= 0.3 is 0 Å². The smallest absolute Gasteiger partial charge is 0.238 e. The van der Waals surface area contributed by atoms with Crippen molar-refractivity contribution in [1.29, 1.82) is 0 Å². The maximum absolute atomic E-state index is 12.7. The fraction of sp³-hybridized carbons (Fsp3) is 0.310. The SMILES string of the molecule is Cc1cccc(C)c1NC(=O)CN1CCCN(C(=S)Nc2ccc(OCc3ccccc3)cc2)CC1. The van der Waals surface area contributed by atoms with Crippen LogP contribution in [0.15, 0.2) is 72.8 Å². The number of hydrogen-bond acceptors (Lipinski definition) is 4. The molecule has 3 aromatic carbocycles. The number of hydrogen-bond donors (Lipinski definition) is 2. The Morgan fingerprint density at radius 2 is 1.58 bits per heavy atom. The number of amides is 1. The van der Waals surface area contributed by atoms with Gasteiger partial charge in [-0.2, -0.15) is 0 Å². The van der Waals surface area contributed by atoms with Gasteiger partial charge in [-0.1, -0.05) is 48.5 Å². The van der Waals surface area contributed by atoms with Gasteiger partial charge < -0.3 is 20.3 Å². The Bertz CT molecular complexity index is 1150. The third kappa shape index (κ3) is 7.29. The van der Waals surface area contributed by atoms with Crippen molar-refractivity contribution in [3.63, 3.8) is 0 Å². The Hall–Kier alpha value is -3.42. The Balaban J connectivity index is 1.23. The van der Waals surface area contributed by atoms with E-state index in [0.717, 1.165) is 66.4 Å². The van der Waals surface area contributed by atoms with Crippen molar-refractivity contribution < 1.29 is 9.53 Å². The zero-order valence-electron chi connectivity index (χ0n) is 21.0. The van der Waals surface area contributed by atoms with Crippen LogP contribution in [0.2, 0.25) is 0 Å². The molecule has 0 unspecified atom stereocenters. The summed E-state index contributed by atoms with van der Waals surface area (Å²) in [5, 5.41) is 7.14. The Morgan fingerprint density at radius 3 is 2.31 bits per heavy atom. The van der Waals surface area contributed by atoms with Gasteiger partial charge in [-0.15, -0.1) is 0 Å². The molecule has 1 aliphatic heterocycles. The molecule has 36 heavy (non-hydrogen) atoms. The van der Waals surface area contributed by atoms with Crippen LogP contribution in [0.3, 0.4) is 0 Å². The molecule has 3 aromatic rings. The number of para-hydroxylation sites is 1. The number of ether oxygens (including phenoxy) is 1. The molecule has 0 saturated carbocycles. The molecule has 7 heteroatoms. The molecule has 6 nitrogen and oxygen atoms in total. The first-order chi connectivity index (χ1) is 17.5. The molecule has 0 atom stereocenters. The van der Waals surface area contributed by atoms with Crippen LogP contribution >= 0.6 is 12.2 Å². The zero-order chi connectivity index (χ0) is 25.3. The van der Waals surface area contributed by atoms with Gasteiger partial charge in [-0.3, -0.25) is 9.69 Å². The van der Waals surface area contributed by atoms with Gasteiger partial charge in [0.15, 0.2) is 5.11 Å². The van der Waals surface area contributed by atoms with E-state index < -0.39 is 0 Å². The second-order valence-electron chi connectivity index (χ2n) is 9.16. The van der Waals surface area contributed by atoms with Crippen LogP contribution in [0.5, 0.6) is 5.75 Å². The molecule has 1 fully saturated rings. The molecule has 1 amide bonds. The monoisotopic (exact) mass is 502 g/mol. The standard InChI is InChI=1S/C29H34N4O2S/c1-22-8-6-9-23(2)28(22)31-27(34)20-32-16-7-17-33(19-18-32)29(36)30-25-12-14-26(15-13-25)35-21-24-10-4-3-5-11-24/h3-6,8-15H,7,16-21H2,1-2H3,(H,30,36)(H,31,34). The number of thiocarbonyl (C=S) groups is 1. The number of nitrogens with one attached hydrogen (secondary N) is 2. The maximum Gasteiger partial charge on any atom is 0.238 e. The number of carbonyl (C=O) groups excluding carboxylic acids is 1. The highest BCUT2D eigenvalue weighted by Gasteiger charge is 2.19. The first kappa shape index (κ1) is 25.7. The van der Waals surface area contributed by atoms with Crippen LogP contribution in [0.4, 0.5) is 11.4 Å². The number of nitrogens with zero attached hydrogens (tertiary/aromatic N) is 2. The third-order valence-electron chi connectivity index (χ3n) is 6.34. The van der Waals surface area contributed by atoms with E-state index in [0.29, 0.717) is 18.3 Å². The normalized spacial score (nSPS) is 14.1. The molecule has 0 radical (unpaired) electrons. The van der Waals surface area contributed by atoms with Crippen molar-refractivity contribution in [2.75, 3.05) is 43.4 Å². The van der Waals surface area contributed by atoms with E-state index in [9.17, 15) is 4.79 Å². The Kier molecular flexibility index (Phi) is 8.92. The van der Waals surface area contributed by atoms with Gasteiger partial charge in [0.1, 0.15) is 12.4 Å². The molecule has 2 N–H and O–H groups in total. The molecule has 1 heterocycles. The number of aryl methyl sites for hydroxylation is 2. The molecular formula is C29H34N4O2S. The zero-order valence-corrected chi connectivity index (χ0v) is 21.8. The lowest BCUT2D eigenvalue weighted by atomic mass is 10.1. The lowest BCUT2D eigenvalue weighted by Gasteiger charge is -2.24. The molecule has 0 aromatic heterocycles. The third-order valence-corrected chi connectivity index (χ3v) is 6.70. The average Bonchev–Trinajstić information content (AvgIpc) is 3.12. The van der Waals surface area contributed by atoms with Crippen molar-refractivity contribution in [2.24, 2.45) is 0 Å². The van der Waals surface area contributed by atoms with Gasteiger partial charge in [0.25, 0.3) is 0 Å². The van der Waals surface area contributed by atoms with E-state index in [4.69, 9.17) is 17.0 Å². The van der Waals surface area contributed by atoms with Gasteiger partial charge in [0, 0.05) is 37.6 Å². The van der Waals surface area contributed by atoms with Gasteiger partial charge in [-0.25, -0.2) is 0 Å². The second-order valence-corrected chi connectivity index (χ2v) is 9.55. The molecule has 188 valence electrons. The minimum absolute atomic E-state index is 0.0242. The lowest BCUT2D eigenvalue weighted by Crippen LogP contribution is -2.39. The first-order valence-corrected chi connectivity index (χ1v) is 12.8. The Morgan fingerprint density at radius 1 is 0.861 bits per heavy atom. The van der Waals surface area contributed by atoms with Crippen LogP contribution in [0.1, 0.15) is 23.1 Å². The second kappa shape index (κ2) is 12.5. The maximum atomic E-state index is 12.7. The molecule has 0 bridgehead atoms. The van der Waals surface area contributed by atoms with Crippen LogP contribution in [0, 0.1) is 13.8 Å². The van der Waals surface area contributed by atoms with Crippen molar-refractivity contribution in [3.05, 3.63) is 89.5 Å². The predicted octanol–water partition coefficient (Wildman–Crippen LogP) is 5.23. The number of anilines is 2. The predicted molar refractivity (Wildman–Crippen MR) is 151 cm³/mol. The van der Waals surface area contributed by atoms with Crippen molar-refractivity contribution >= 4 is 34.6 Å². The molecule has 1 saturated heterocycles. The van der Waals surface area contributed by atoms with Crippen LogP contribution < -0.4 is 15.4 Å². The molecule has 0 aliphatic carbocycles. The fourth-order valence-corrected chi connectivity index (χ4v) is 4.60. The summed E-state index contributed by atoms with van der Waals surface area (Å²) in [6.07, 6.45) is 0.949. The van der Waals surface area contributed by atoms with E-state index in [1.165, 1.54) is 0 Å². The van der Waals surface area contributed by atoms with Crippen LogP contribution in [-0.4, -0.2) is 53.5 Å². The van der Waals surface area contributed by atoms with Gasteiger partial charge in [0.05, 0.1) is 6.54 Å². The summed E-state index contributed by atoms with van der Waals surface area (Å²) < 4.78 is 5.87. The quantitative estimate of drug-likeness (QED) is 0.432. The highest BCUT2D eigenvalue weighted by atomic mass is 32.1. The van der Waals surface area contributed by atoms with Crippen molar-refractivity contribution in [1.82, 2.24) is 9.80 Å². The van der Waals surface area contributed by atoms with Crippen molar-refractivity contribution in [2.45, 2.75) is 26.9 Å². The number of carbonyl (C=O) groups is 1. The minimum atomic E-state index is 0.0242. The Labute approximate surface area is 219 Å². The summed E-state index contributed by atoms with van der Waals surface area (Å²) >= 11 is 5.69. The summed E-state index contributed by atoms with van der Waals surface area (Å²) in [6, 6.07) is 24.0. The first-order valence-electron chi connectivity index (χ1n) is 12.4. The molecule has 1 aliphatic rings.